The van der Waals surface area contributed by atoms with Crippen LogP contribution in [0.2, 0.25) is 0 Å². The Labute approximate surface area is 49.7 Å². The summed E-state index contributed by atoms with van der Waals surface area (Å²) in [6.07, 6.45) is 6.10. The number of carbonyl (C=O) groups excluding carboxylic acids is 1. The van der Waals surface area contributed by atoms with Crippen LogP contribution in [0.25, 0.3) is 0 Å². The van der Waals surface area contributed by atoms with E-state index in [0.717, 1.165) is 6.29 Å². The molecule has 1 atom stereocenters. The van der Waals surface area contributed by atoms with Crippen molar-refractivity contribution in [3.8, 4) is 0 Å². The fraction of sp³-hybridized carbons (Fsp3) is 0.286. The summed E-state index contributed by atoms with van der Waals surface area (Å²) < 4.78 is 0. The molecule has 0 aromatic rings. The maximum atomic E-state index is 9.93. The van der Waals surface area contributed by atoms with Crippen molar-refractivity contribution in [3.05, 3.63) is 24.8 Å². The zero-order valence-corrected chi connectivity index (χ0v) is 5.00. The van der Waals surface area contributed by atoms with Gasteiger partial charge in [0.05, 0.1) is 0 Å². The Morgan fingerprint density at radius 3 is 2.62 bits per heavy atom. The average molecular weight is 110 g/mol. The van der Waals surface area contributed by atoms with E-state index in [2.05, 4.69) is 6.58 Å². The van der Waals surface area contributed by atoms with Crippen LogP contribution in [0.3, 0.4) is 0 Å². The topological polar surface area (TPSA) is 17.1 Å². The Morgan fingerprint density at radius 1 is 1.62 bits per heavy atom. The summed E-state index contributed by atoms with van der Waals surface area (Å²) in [7, 11) is 0. The molecule has 0 unspecified atom stereocenters. The second kappa shape index (κ2) is 4.31. The van der Waals surface area contributed by atoms with Crippen LogP contribution in [-0.2, 0) is 4.79 Å². The fourth-order valence-corrected chi connectivity index (χ4v) is 0.299. The van der Waals surface area contributed by atoms with Crippen molar-refractivity contribution in [2.75, 3.05) is 0 Å². The summed E-state index contributed by atoms with van der Waals surface area (Å²) in [4.78, 5) is 9.93. The summed E-state index contributed by atoms with van der Waals surface area (Å²) in [6.45, 7) is 5.29. The first kappa shape index (κ1) is 7.15. The summed E-state index contributed by atoms with van der Waals surface area (Å²) >= 11 is 0. The highest BCUT2D eigenvalue weighted by Crippen LogP contribution is 1.89. The van der Waals surface area contributed by atoms with Crippen LogP contribution >= 0.6 is 0 Å². The maximum absolute atomic E-state index is 9.93. The monoisotopic (exact) mass is 110 g/mol. The molecule has 0 amide bonds. The first-order valence-electron chi connectivity index (χ1n) is 2.55. The zero-order valence-electron chi connectivity index (χ0n) is 5.00. The molecule has 0 rings (SSSR count). The molecule has 1 heteroatoms. The lowest BCUT2D eigenvalue weighted by molar-refractivity contribution is -0.109. The lowest BCUT2D eigenvalue weighted by Gasteiger charge is -1.86. The van der Waals surface area contributed by atoms with Crippen LogP contribution in [0.5, 0.6) is 0 Å². The second-order valence-electron chi connectivity index (χ2n) is 1.62. The number of aldehydes is 1. The molecule has 0 aliphatic carbocycles. The third-order valence-corrected chi connectivity index (χ3v) is 0.765. The van der Waals surface area contributed by atoms with Crippen molar-refractivity contribution in [2.45, 2.75) is 6.92 Å². The predicted octanol–water partition coefficient (Wildman–Crippen LogP) is 1.56. The quantitative estimate of drug-likeness (QED) is 0.398. The van der Waals surface area contributed by atoms with Crippen molar-refractivity contribution < 1.29 is 4.79 Å². The molecule has 0 aliphatic rings. The van der Waals surface area contributed by atoms with Crippen molar-refractivity contribution in [1.82, 2.24) is 0 Å². The molecule has 0 bridgehead atoms. The minimum Gasteiger partial charge on any atom is -0.303 e. The summed E-state index contributed by atoms with van der Waals surface area (Å²) in [5, 5.41) is 0. The van der Waals surface area contributed by atoms with Gasteiger partial charge in [0, 0.05) is 5.92 Å². The smallest absolute Gasteiger partial charge is 0.126 e. The molecule has 0 radical (unpaired) electrons. The van der Waals surface area contributed by atoms with E-state index in [1.165, 1.54) is 0 Å². The van der Waals surface area contributed by atoms with Gasteiger partial charge in [-0.05, 0) is 0 Å². The van der Waals surface area contributed by atoms with Gasteiger partial charge in [0.25, 0.3) is 0 Å². The molecular formula is C7H10O. The van der Waals surface area contributed by atoms with Crippen molar-refractivity contribution in [1.29, 1.82) is 0 Å². The highest BCUT2D eigenvalue weighted by molar-refractivity contribution is 5.55. The molecule has 0 saturated carbocycles. The normalized spacial score (nSPS) is 13.6. The molecule has 0 N–H and O–H groups in total. The molecule has 0 aromatic heterocycles. The van der Waals surface area contributed by atoms with Gasteiger partial charge in [0.15, 0.2) is 0 Å². The van der Waals surface area contributed by atoms with E-state index < -0.39 is 0 Å². The molecule has 0 heterocycles. The molecule has 0 spiro atoms. The fourth-order valence-electron chi connectivity index (χ4n) is 0.299. The Hall–Kier alpha value is -0.850. The largest absolute Gasteiger partial charge is 0.303 e. The molecule has 1 nitrogen and oxygen atoms in total. The van der Waals surface area contributed by atoms with E-state index in [1.807, 2.05) is 6.92 Å². The number of hydrogen-bond acceptors (Lipinski definition) is 1. The van der Waals surface area contributed by atoms with Crippen LogP contribution < -0.4 is 0 Å². The van der Waals surface area contributed by atoms with Gasteiger partial charge in [0.2, 0.25) is 0 Å². The van der Waals surface area contributed by atoms with E-state index in [4.69, 9.17) is 0 Å². The van der Waals surface area contributed by atoms with Gasteiger partial charge in [0.1, 0.15) is 6.29 Å². The van der Waals surface area contributed by atoms with Gasteiger partial charge in [-0.3, -0.25) is 0 Å². The average Bonchev–Trinajstić information content (AvgIpc) is 1.83. The van der Waals surface area contributed by atoms with Crippen molar-refractivity contribution >= 4 is 6.29 Å². The van der Waals surface area contributed by atoms with E-state index in [9.17, 15) is 4.79 Å². The van der Waals surface area contributed by atoms with Gasteiger partial charge < -0.3 is 4.79 Å². The van der Waals surface area contributed by atoms with Crippen LogP contribution in [0, 0.1) is 5.92 Å². The van der Waals surface area contributed by atoms with Crippen LogP contribution in [0.4, 0.5) is 0 Å². The first-order valence-corrected chi connectivity index (χ1v) is 2.55. The number of rotatable bonds is 3. The Morgan fingerprint density at radius 2 is 2.25 bits per heavy atom. The molecular weight excluding hydrogens is 100 g/mol. The Bertz CT molecular complexity index is 103. The third kappa shape index (κ3) is 3.34. The van der Waals surface area contributed by atoms with Gasteiger partial charge in [-0.15, -0.1) is 0 Å². The zero-order chi connectivity index (χ0) is 6.41. The Balaban J connectivity index is 3.50. The predicted molar refractivity (Wildman–Crippen MR) is 34.6 cm³/mol. The van der Waals surface area contributed by atoms with Crippen molar-refractivity contribution in [2.24, 2.45) is 5.92 Å². The lowest BCUT2D eigenvalue weighted by atomic mass is 10.2. The van der Waals surface area contributed by atoms with E-state index in [0.29, 0.717) is 0 Å². The minimum absolute atomic E-state index is 0.0213. The van der Waals surface area contributed by atoms with Crippen molar-refractivity contribution in [3.63, 3.8) is 0 Å². The van der Waals surface area contributed by atoms with Gasteiger partial charge in [-0.1, -0.05) is 31.7 Å². The number of carbonyl (C=O) groups is 1. The molecule has 8 heavy (non-hydrogen) atoms. The van der Waals surface area contributed by atoms with Crippen LogP contribution in [0.1, 0.15) is 6.92 Å². The summed E-state index contributed by atoms with van der Waals surface area (Å²) in [5.74, 6) is 0.0213. The highest BCUT2D eigenvalue weighted by Gasteiger charge is 1.86. The molecule has 0 fully saturated rings. The third-order valence-electron chi connectivity index (χ3n) is 0.765. The van der Waals surface area contributed by atoms with Gasteiger partial charge >= 0.3 is 0 Å². The minimum atomic E-state index is 0.0213. The number of allylic oxidation sites excluding steroid dienone is 3. The first-order chi connectivity index (χ1) is 3.81. The lowest BCUT2D eigenvalue weighted by Crippen LogP contribution is -1.86. The molecule has 0 aliphatic heterocycles. The summed E-state index contributed by atoms with van der Waals surface area (Å²) in [6, 6.07) is 0. The van der Waals surface area contributed by atoms with Gasteiger partial charge in [-0.25, -0.2) is 0 Å². The van der Waals surface area contributed by atoms with Crippen LogP contribution in [-0.4, -0.2) is 6.29 Å². The van der Waals surface area contributed by atoms with E-state index in [1.54, 1.807) is 18.2 Å². The Kier molecular flexibility index (Phi) is 3.85. The SMILES string of the molecule is C=C/C=C\[C@H](C)C=O. The van der Waals surface area contributed by atoms with Gasteiger partial charge in [-0.2, -0.15) is 0 Å². The van der Waals surface area contributed by atoms with E-state index >= 15 is 0 Å². The highest BCUT2D eigenvalue weighted by atomic mass is 16.1. The standard InChI is InChI=1S/C7H10O/c1-3-4-5-7(2)6-8/h3-7H,1H2,2H3/b5-4-/t7-/m0/s1. The maximum Gasteiger partial charge on any atom is 0.126 e. The number of hydrogen-bond donors (Lipinski definition) is 0. The summed E-state index contributed by atoms with van der Waals surface area (Å²) in [5.41, 5.74) is 0. The second-order valence-corrected chi connectivity index (χ2v) is 1.62. The molecule has 44 valence electrons. The molecule has 0 aromatic carbocycles. The van der Waals surface area contributed by atoms with E-state index in [-0.39, 0.29) is 5.92 Å². The molecule has 0 saturated heterocycles. The van der Waals surface area contributed by atoms with Crippen LogP contribution in [0.15, 0.2) is 24.8 Å².